The molecular weight excluding hydrogens is 242 g/mol. The van der Waals surface area contributed by atoms with Gasteiger partial charge in [0.2, 0.25) is 0 Å². The van der Waals surface area contributed by atoms with E-state index in [2.05, 4.69) is 26.1 Å². The molecule has 5 heteroatoms. The Morgan fingerprint density at radius 1 is 1.19 bits per heavy atom. The van der Waals surface area contributed by atoms with Gasteiger partial charge in [-0.3, -0.25) is 0 Å². The van der Waals surface area contributed by atoms with Gasteiger partial charge in [-0.1, -0.05) is 13.8 Å². The van der Waals surface area contributed by atoms with Crippen LogP contribution in [-0.4, -0.2) is 44.5 Å². The Labute approximate surface area is 105 Å². The zero-order valence-electron chi connectivity index (χ0n) is 10.8. The van der Waals surface area contributed by atoms with E-state index in [9.17, 15) is 8.42 Å². The van der Waals surface area contributed by atoms with Gasteiger partial charge >= 0.3 is 0 Å². The third-order valence-electron chi connectivity index (χ3n) is 2.00. The van der Waals surface area contributed by atoms with Crippen molar-refractivity contribution < 1.29 is 8.42 Å². The third-order valence-corrected chi connectivity index (χ3v) is 4.67. The minimum Gasteiger partial charge on any atom is -0.313 e. The molecule has 0 aliphatic carbocycles. The molecule has 1 N–H and O–H groups in total. The SMILES string of the molecule is CC(C)CSCC(C)NCCCS(C)(=O)=O. The lowest BCUT2D eigenvalue weighted by atomic mass is 10.3. The van der Waals surface area contributed by atoms with E-state index in [1.807, 2.05) is 11.8 Å². The van der Waals surface area contributed by atoms with Crippen molar-refractivity contribution >= 4 is 21.6 Å². The van der Waals surface area contributed by atoms with Gasteiger partial charge in [-0.05, 0) is 31.6 Å². The van der Waals surface area contributed by atoms with Crippen LogP contribution in [0.5, 0.6) is 0 Å². The monoisotopic (exact) mass is 267 g/mol. The van der Waals surface area contributed by atoms with Crippen LogP contribution < -0.4 is 5.32 Å². The molecule has 16 heavy (non-hydrogen) atoms. The van der Waals surface area contributed by atoms with E-state index >= 15 is 0 Å². The summed E-state index contributed by atoms with van der Waals surface area (Å²) in [6.07, 6.45) is 1.99. The van der Waals surface area contributed by atoms with Crippen molar-refractivity contribution in [1.82, 2.24) is 5.32 Å². The number of hydrogen-bond donors (Lipinski definition) is 1. The van der Waals surface area contributed by atoms with Crippen LogP contribution in [0.25, 0.3) is 0 Å². The molecule has 0 bridgehead atoms. The quantitative estimate of drug-likeness (QED) is 0.647. The Hall–Kier alpha value is 0.260. The van der Waals surface area contributed by atoms with Crippen LogP contribution in [0.4, 0.5) is 0 Å². The Kier molecular flexibility index (Phi) is 8.50. The summed E-state index contributed by atoms with van der Waals surface area (Å²) in [4.78, 5) is 0. The number of rotatable bonds is 9. The first-order valence-electron chi connectivity index (χ1n) is 5.80. The lowest BCUT2D eigenvalue weighted by molar-refractivity contribution is 0.574. The highest BCUT2D eigenvalue weighted by Gasteiger charge is 2.04. The van der Waals surface area contributed by atoms with Crippen molar-refractivity contribution in [3.8, 4) is 0 Å². The van der Waals surface area contributed by atoms with E-state index in [1.165, 1.54) is 12.0 Å². The largest absolute Gasteiger partial charge is 0.313 e. The Morgan fingerprint density at radius 2 is 1.81 bits per heavy atom. The standard InChI is InChI=1S/C11H25NO2S2/c1-10(2)8-15-9-11(3)12-6-5-7-16(4,13)14/h10-12H,5-9H2,1-4H3. The van der Waals surface area contributed by atoms with E-state index in [-0.39, 0.29) is 5.75 Å². The lowest BCUT2D eigenvalue weighted by Gasteiger charge is -2.13. The molecule has 0 amide bonds. The summed E-state index contributed by atoms with van der Waals surface area (Å²) in [5, 5.41) is 3.34. The predicted molar refractivity (Wildman–Crippen MR) is 74.0 cm³/mol. The van der Waals surface area contributed by atoms with Crippen molar-refractivity contribution in [3.63, 3.8) is 0 Å². The first kappa shape index (κ1) is 16.3. The van der Waals surface area contributed by atoms with Crippen LogP contribution in [0.1, 0.15) is 27.2 Å². The van der Waals surface area contributed by atoms with Crippen molar-refractivity contribution in [2.75, 3.05) is 30.1 Å². The van der Waals surface area contributed by atoms with Crippen LogP contribution in [0.2, 0.25) is 0 Å². The van der Waals surface area contributed by atoms with Gasteiger partial charge in [0.05, 0.1) is 5.75 Å². The van der Waals surface area contributed by atoms with Crippen LogP contribution in [-0.2, 0) is 9.84 Å². The average Bonchev–Trinajstić information content (AvgIpc) is 2.10. The maximum Gasteiger partial charge on any atom is 0.147 e. The highest BCUT2D eigenvalue weighted by atomic mass is 32.2. The lowest BCUT2D eigenvalue weighted by Crippen LogP contribution is -2.30. The van der Waals surface area contributed by atoms with E-state index in [1.54, 1.807) is 0 Å². The molecule has 0 aromatic rings. The zero-order chi connectivity index (χ0) is 12.6. The molecule has 1 atom stereocenters. The summed E-state index contributed by atoms with van der Waals surface area (Å²) in [6, 6.07) is 0.461. The molecular formula is C11H25NO2S2. The summed E-state index contributed by atoms with van der Waals surface area (Å²) >= 11 is 1.95. The Balaban J connectivity index is 3.40. The molecule has 0 rings (SSSR count). The second-order valence-corrected chi connectivity index (χ2v) is 8.10. The fourth-order valence-corrected chi connectivity index (χ4v) is 2.97. The minimum atomic E-state index is -2.80. The second kappa shape index (κ2) is 8.37. The first-order valence-corrected chi connectivity index (χ1v) is 9.01. The molecule has 0 saturated heterocycles. The molecule has 0 aromatic carbocycles. The third kappa shape index (κ3) is 12.3. The fraction of sp³-hybridized carbons (Fsp3) is 1.00. The summed E-state index contributed by atoms with van der Waals surface area (Å²) in [5.41, 5.74) is 0. The number of sulfone groups is 1. The van der Waals surface area contributed by atoms with E-state index in [0.717, 1.165) is 18.2 Å². The molecule has 0 heterocycles. The van der Waals surface area contributed by atoms with E-state index in [0.29, 0.717) is 12.5 Å². The molecule has 0 spiro atoms. The summed E-state index contributed by atoms with van der Waals surface area (Å²) in [5.74, 6) is 3.31. The highest BCUT2D eigenvalue weighted by Crippen LogP contribution is 2.08. The van der Waals surface area contributed by atoms with Gasteiger partial charge in [0.1, 0.15) is 9.84 Å². The molecule has 0 aromatic heterocycles. The molecule has 0 aliphatic rings. The Morgan fingerprint density at radius 3 is 2.31 bits per heavy atom. The molecule has 3 nitrogen and oxygen atoms in total. The summed E-state index contributed by atoms with van der Waals surface area (Å²) < 4.78 is 21.8. The van der Waals surface area contributed by atoms with Gasteiger partial charge in [-0.2, -0.15) is 11.8 Å². The van der Waals surface area contributed by atoms with Gasteiger partial charge < -0.3 is 5.32 Å². The number of thioether (sulfide) groups is 1. The maximum atomic E-state index is 10.9. The molecule has 0 radical (unpaired) electrons. The number of nitrogens with one attached hydrogen (secondary N) is 1. The van der Waals surface area contributed by atoms with E-state index in [4.69, 9.17) is 0 Å². The van der Waals surface area contributed by atoms with Crippen molar-refractivity contribution in [3.05, 3.63) is 0 Å². The fourth-order valence-electron chi connectivity index (χ4n) is 1.22. The second-order valence-electron chi connectivity index (χ2n) is 4.77. The average molecular weight is 267 g/mol. The highest BCUT2D eigenvalue weighted by molar-refractivity contribution is 7.99. The molecule has 0 fully saturated rings. The van der Waals surface area contributed by atoms with Gasteiger partial charge in [-0.15, -0.1) is 0 Å². The maximum absolute atomic E-state index is 10.9. The smallest absolute Gasteiger partial charge is 0.147 e. The van der Waals surface area contributed by atoms with Gasteiger partial charge in [-0.25, -0.2) is 8.42 Å². The molecule has 0 saturated carbocycles. The van der Waals surface area contributed by atoms with Crippen LogP contribution in [0, 0.1) is 5.92 Å². The van der Waals surface area contributed by atoms with Crippen molar-refractivity contribution in [2.45, 2.75) is 33.2 Å². The zero-order valence-corrected chi connectivity index (χ0v) is 12.5. The van der Waals surface area contributed by atoms with Crippen LogP contribution in [0.3, 0.4) is 0 Å². The first-order chi connectivity index (χ1) is 7.31. The number of hydrogen-bond acceptors (Lipinski definition) is 4. The molecule has 0 aliphatic heterocycles. The normalized spacial score (nSPS) is 14.3. The Bertz CT molecular complexity index is 263. The van der Waals surface area contributed by atoms with Gasteiger partial charge in [0.15, 0.2) is 0 Å². The van der Waals surface area contributed by atoms with Crippen LogP contribution in [0.15, 0.2) is 0 Å². The van der Waals surface area contributed by atoms with Gasteiger partial charge in [0.25, 0.3) is 0 Å². The molecule has 98 valence electrons. The summed E-state index contributed by atoms with van der Waals surface area (Å²) in [6.45, 7) is 7.37. The van der Waals surface area contributed by atoms with E-state index < -0.39 is 9.84 Å². The van der Waals surface area contributed by atoms with Crippen molar-refractivity contribution in [1.29, 1.82) is 0 Å². The van der Waals surface area contributed by atoms with Crippen LogP contribution >= 0.6 is 11.8 Å². The summed E-state index contributed by atoms with van der Waals surface area (Å²) in [7, 11) is -2.80. The predicted octanol–water partition coefficient (Wildman–Crippen LogP) is 1.79. The van der Waals surface area contributed by atoms with Gasteiger partial charge in [0, 0.05) is 18.1 Å². The van der Waals surface area contributed by atoms with Crippen molar-refractivity contribution in [2.24, 2.45) is 5.92 Å². The topological polar surface area (TPSA) is 46.2 Å². The minimum absolute atomic E-state index is 0.284. The molecule has 1 unspecified atom stereocenters.